The Hall–Kier alpha value is -1.85. The summed E-state index contributed by atoms with van der Waals surface area (Å²) >= 11 is 5.93. The number of halogens is 1. The predicted octanol–water partition coefficient (Wildman–Crippen LogP) is 2.98. The molecule has 2 aromatic carbocycles. The van der Waals surface area contributed by atoms with E-state index < -0.39 is 32.9 Å². The normalized spacial score (nSPS) is 24.0. The van der Waals surface area contributed by atoms with Gasteiger partial charge in [0.2, 0.25) is 0 Å². The van der Waals surface area contributed by atoms with Crippen LogP contribution in [0, 0.1) is 5.92 Å². The topological polar surface area (TPSA) is 71.4 Å². The first kappa shape index (κ1) is 15.1. The molecule has 1 N–H and O–H groups in total. The smallest absolute Gasteiger partial charge is 0.308 e. The van der Waals surface area contributed by atoms with E-state index in [9.17, 15) is 18.3 Å². The molecule has 0 spiro atoms. The van der Waals surface area contributed by atoms with Crippen LogP contribution in [-0.2, 0) is 14.6 Å². The maximum absolute atomic E-state index is 12.7. The van der Waals surface area contributed by atoms with E-state index in [1.165, 1.54) is 12.1 Å². The van der Waals surface area contributed by atoms with Crippen molar-refractivity contribution in [3.05, 3.63) is 65.2 Å². The third-order valence-corrected chi connectivity index (χ3v) is 6.37. The standard InChI is InChI=1S/C16H13ClO4S/c17-11-6-4-5-10(9-11)13-14(16(18)19)15(13)22(20,21)12-7-2-1-3-8-12/h1-9,13-15H,(H,18,19)/t13-,14+,15-/m0/s1. The number of benzene rings is 2. The van der Waals surface area contributed by atoms with Gasteiger partial charge in [-0.25, -0.2) is 8.42 Å². The molecule has 22 heavy (non-hydrogen) atoms. The summed E-state index contributed by atoms with van der Waals surface area (Å²) in [4.78, 5) is 11.6. The fourth-order valence-corrected chi connectivity index (χ4v) is 5.18. The minimum atomic E-state index is -3.69. The second-order valence-corrected chi connectivity index (χ2v) is 7.81. The van der Waals surface area contributed by atoms with Crippen LogP contribution in [0.4, 0.5) is 0 Å². The molecule has 0 heterocycles. The van der Waals surface area contributed by atoms with Crippen molar-refractivity contribution in [2.45, 2.75) is 16.1 Å². The lowest BCUT2D eigenvalue weighted by atomic mass is 10.1. The summed E-state index contributed by atoms with van der Waals surface area (Å²) in [5.41, 5.74) is 0.643. The number of sulfone groups is 1. The first-order chi connectivity index (χ1) is 10.4. The fraction of sp³-hybridized carbons (Fsp3) is 0.188. The summed E-state index contributed by atoms with van der Waals surface area (Å²) in [6.45, 7) is 0. The largest absolute Gasteiger partial charge is 0.481 e. The average molecular weight is 337 g/mol. The molecule has 0 unspecified atom stereocenters. The highest BCUT2D eigenvalue weighted by Gasteiger charge is 2.63. The van der Waals surface area contributed by atoms with E-state index in [1.54, 1.807) is 42.5 Å². The Morgan fingerprint density at radius 3 is 2.32 bits per heavy atom. The molecule has 2 aromatic rings. The van der Waals surface area contributed by atoms with Crippen molar-refractivity contribution in [1.29, 1.82) is 0 Å². The van der Waals surface area contributed by atoms with Crippen LogP contribution in [0.5, 0.6) is 0 Å². The number of carboxylic acids is 1. The van der Waals surface area contributed by atoms with Gasteiger partial charge in [-0.05, 0) is 29.8 Å². The Kier molecular flexibility index (Phi) is 3.70. The number of carboxylic acid groups (broad SMARTS) is 1. The second-order valence-electron chi connectivity index (χ2n) is 5.27. The third-order valence-electron chi connectivity index (χ3n) is 3.90. The van der Waals surface area contributed by atoms with Crippen LogP contribution in [0.15, 0.2) is 59.5 Å². The third kappa shape index (κ3) is 2.51. The summed E-state index contributed by atoms with van der Waals surface area (Å²) in [6.07, 6.45) is 0. The van der Waals surface area contributed by atoms with Crippen molar-refractivity contribution < 1.29 is 18.3 Å². The van der Waals surface area contributed by atoms with Gasteiger partial charge < -0.3 is 5.11 Å². The van der Waals surface area contributed by atoms with Crippen LogP contribution in [0.1, 0.15) is 11.5 Å². The van der Waals surface area contributed by atoms with Gasteiger partial charge >= 0.3 is 5.97 Å². The molecule has 0 bridgehead atoms. The van der Waals surface area contributed by atoms with Crippen molar-refractivity contribution in [1.82, 2.24) is 0 Å². The van der Waals surface area contributed by atoms with Crippen molar-refractivity contribution in [2.24, 2.45) is 5.92 Å². The Morgan fingerprint density at radius 2 is 1.73 bits per heavy atom. The van der Waals surface area contributed by atoms with E-state index in [4.69, 9.17) is 11.6 Å². The summed E-state index contributed by atoms with van der Waals surface area (Å²) < 4.78 is 25.4. The predicted molar refractivity (Wildman–Crippen MR) is 82.7 cm³/mol. The fourth-order valence-electron chi connectivity index (χ4n) is 2.84. The van der Waals surface area contributed by atoms with Gasteiger partial charge in [0.25, 0.3) is 0 Å². The molecular weight excluding hydrogens is 324 g/mol. The molecule has 1 fully saturated rings. The first-order valence-electron chi connectivity index (χ1n) is 6.70. The highest BCUT2D eigenvalue weighted by Crippen LogP contribution is 2.54. The number of aliphatic carboxylic acids is 1. The van der Waals surface area contributed by atoms with Crippen LogP contribution in [0.2, 0.25) is 5.02 Å². The van der Waals surface area contributed by atoms with Gasteiger partial charge in [-0.2, -0.15) is 0 Å². The summed E-state index contributed by atoms with van der Waals surface area (Å²) in [6, 6.07) is 14.7. The van der Waals surface area contributed by atoms with Crippen molar-refractivity contribution >= 4 is 27.4 Å². The van der Waals surface area contributed by atoms with Gasteiger partial charge in [0.05, 0.1) is 16.1 Å². The summed E-state index contributed by atoms with van der Waals surface area (Å²) in [7, 11) is -3.69. The first-order valence-corrected chi connectivity index (χ1v) is 8.62. The number of hydrogen-bond acceptors (Lipinski definition) is 3. The van der Waals surface area contributed by atoms with Gasteiger partial charge in [0, 0.05) is 10.9 Å². The molecule has 3 rings (SSSR count). The summed E-state index contributed by atoms with van der Waals surface area (Å²) in [5, 5.41) is 8.85. The van der Waals surface area contributed by atoms with E-state index in [1.807, 2.05) is 0 Å². The maximum atomic E-state index is 12.7. The molecule has 4 nitrogen and oxygen atoms in total. The molecule has 6 heteroatoms. The van der Waals surface area contributed by atoms with Crippen LogP contribution in [0.3, 0.4) is 0 Å². The van der Waals surface area contributed by atoms with E-state index in [-0.39, 0.29) is 4.90 Å². The maximum Gasteiger partial charge on any atom is 0.308 e. The highest BCUT2D eigenvalue weighted by atomic mass is 35.5. The molecule has 0 aliphatic heterocycles. The van der Waals surface area contributed by atoms with E-state index in [2.05, 4.69) is 0 Å². The Labute approximate surface area is 133 Å². The Bertz CT molecular complexity index is 817. The van der Waals surface area contributed by atoms with Crippen molar-refractivity contribution in [3.8, 4) is 0 Å². The van der Waals surface area contributed by atoms with Crippen LogP contribution >= 0.6 is 11.6 Å². The average Bonchev–Trinajstić information content (AvgIpc) is 3.25. The Morgan fingerprint density at radius 1 is 1.05 bits per heavy atom. The Balaban J connectivity index is 2.01. The van der Waals surface area contributed by atoms with Gasteiger partial charge in [0.15, 0.2) is 9.84 Å². The second kappa shape index (κ2) is 5.41. The lowest BCUT2D eigenvalue weighted by molar-refractivity contribution is -0.138. The van der Waals surface area contributed by atoms with Crippen LogP contribution < -0.4 is 0 Å². The molecule has 0 aromatic heterocycles. The van der Waals surface area contributed by atoms with E-state index >= 15 is 0 Å². The molecule has 0 radical (unpaired) electrons. The SMILES string of the molecule is O=C(O)[C@@H]1[C@H](c2cccc(Cl)c2)[C@@H]1S(=O)(=O)c1ccccc1. The lowest BCUT2D eigenvalue weighted by Gasteiger charge is -2.04. The van der Waals surface area contributed by atoms with Crippen LogP contribution in [0.25, 0.3) is 0 Å². The molecular formula is C16H13ClO4S. The minimum absolute atomic E-state index is 0.149. The molecule has 114 valence electrons. The number of hydrogen-bond donors (Lipinski definition) is 1. The lowest BCUT2D eigenvalue weighted by Crippen LogP contribution is -2.13. The van der Waals surface area contributed by atoms with Gasteiger partial charge in [-0.15, -0.1) is 0 Å². The summed E-state index contributed by atoms with van der Waals surface area (Å²) in [5.74, 6) is -2.61. The van der Waals surface area contributed by atoms with Crippen LogP contribution in [-0.4, -0.2) is 24.7 Å². The van der Waals surface area contributed by atoms with Crippen molar-refractivity contribution in [2.75, 3.05) is 0 Å². The molecule has 0 saturated heterocycles. The van der Waals surface area contributed by atoms with E-state index in [0.717, 1.165) is 0 Å². The zero-order valence-corrected chi connectivity index (χ0v) is 13.0. The zero-order chi connectivity index (χ0) is 15.9. The molecule has 3 atom stereocenters. The van der Waals surface area contributed by atoms with Crippen molar-refractivity contribution in [3.63, 3.8) is 0 Å². The van der Waals surface area contributed by atoms with Gasteiger partial charge in [-0.3, -0.25) is 4.79 Å². The molecule has 1 saturated carbocycles. The molecule has 0 amide bonds. The number of rotatable bonds is 4. The monoisotopic (exact) mass is 336 g/mol. The van der Waals surface area contributed by atoms with Gasteiger partial charge in [-0.1, -0.05) is 41.9 Å². The van der Waals surface area contributed by atoms with Gasteiger partial charge in [0.1, 0.15) is 0 Å². The van der Waals surface area contributed by atoms with E-state index in [0.29, 0.717) is 10.6 Å². The zero-order valence-electron chi connectivity index (χ0n) is 11.4. The molecule has 1 aliphatic rings. The molecule has 1 aliphatic carbocycles. The highest BCUT2D eigenvalue weighted by molar-refractivity contribution is 7.92. The quantitative estimate of drug-likeness (QED) is 0.931. The minimum Gasteiger partial charge on any atom is -0.481 e. The number of carbonyl (C=O) groups is 1.